The Labute approximate surface area is 92.3 Å². The van der Waals surface area contributed by atoms with E-state index in [1.807, 2.05) is 19.1 Å². The summed E-state index contributed by atoms with van der Waals surface area (Å²) in [4.78, 5) is 22.5. The van der Waals surface area contributed by atoms with Crippen molar-refractivity contribution < 1.29 is 23.8 Å². The van der Waals surface area contributed by atoms with Crippen LogP contribution >= 0.6 is 0 Å². The predicted molar refractivity (Wildman–Crippen MR) is 51.6 cm³/mol. The molecule has 0 spiro atoms. The van der Waals surface area contributed by atoms with Gasteiger partial charge in [0.25, 0.3) is 0 Å². The quantitative estimate of drug-likeness (QED) is 0.387. The molecule has 5 heteroatoms. The zero-order valence-electron chi connectivity index (χ0n) is 8.84. The fraction of sp³-hybridized carbons (Fsp3) is 0.636. The van der Waals surface area contributed by atoms with Gasteiger partial charge in [0.05, 0.1) is 0 Å². The summed E-state index contributed by atoms with van der Waals surface area (Å²) in [6.07, 6.45) is 3.25. The molecule has 0 aromatic carbocycles. The van der Waals surface area contributed by atoms with E-state index in [4.69, 9.17) is 9.47 Å². The minimum absolute atomic E-state index is 0.131. The van der Waals surface area contributed by atoms with Gasteiger partial charge in [-0.25, -0.2) is 9.59 Å². The molecule has 5 nitrogen and oxygen atoms in total. The first-order valence-corrected chi connectivity index (χ1v) is 5.45. The zero-order valence-corrected chi connectivity index (χ0v) is 8.84. The first kappa shape index (κ1) is 9.69. The maximum atomic E-state index is 11.3. The van der Waals surface area contributed by atoms with E-state index in [1.165, 1.54) is 0 Å². The van der Waals surface area contributed by atoms with Crippen LogP contribution in [-0.2, 0) is 14.2 Å². The Morgan fingerprint density at radius 2 is 2.19 bits per heavy atom. The molecule has 16 heavy (non-hydrogen) atoms. The van der Waals surface area contributed by atoms with Gasteiger partial charge in [-0.3, -0.25) is 0 Å². The highest BCUT2D eigenvalue weighted by Crippen LogP contribution is 2.52. The van der Waals surface area contributed by atoms with Crippen molar-refractivity contribution in [2.75, 3.05) is 0 Å². The molecule has 1 aliphatic heterocycles. The normalized spacial score (nSPS) is 44.4. The summed E-state index contributed by atoms with van der Waals surface area (Å²) in [5, 5.41) is 0. The lowest BCUT2D eigenvalue weighted by molar-refractivity contribution is -0.0799. The van der Waals surface area contributed by atoms with Crippen LogP contribution in [0.2, 0.25) is 0 Å². The maximum Gasteiger partial charge on any atom is 0.519 e. The Morgan fingerprint density at radius 1 is 1.38 bits per heavy atom. The summed E-state index contributed by atoms with van der Waals surface area (Å²) in [5.74, 6) is 0.273. The van der Waals surface area contributed by atoms with E-state index in [1.54, 1.807) is 0 Å². The highest BCUT2D eigenvalue weighted by molar-refractivity contribution is 5.78. The summed E-state index contributed by atoms with van der Waals surface area (Å²) in [7, 11) is 0. The lowest BCUT2D eigenvalue weighted by Gasteiger charge is -2.36. The van der Waals surface area contributed by atoms with E-state index in [-0.39, 0.29) is 11.8 Å². The second kappa shape index (κ2) is 2.99. The number of ether oxygens (including phenoxy) is 3. The first-order valence-electron chi connectivity index (χ1n) is 5.45. The van der Waals surface area contributed by atoms with Gasteiger partial charge in [0.1, 0.15) is 0 Å². The third-order valence-corrected chi connectivity index (χ3v) is 3.83. The van der Waals surface area contributed by atoms with Gasteiger partial charge in [-0.05, 0) is 12.8 Å². The average molecular weight is 224 g/mol. The summed E-state index contributed by atoms with van der Waals surface area (Å²) < 4.78 is 14.8. The third-order valence-electron chi connectivity index (χ3n) is 3.83. The molecule has 1 saturated carbocycles. The van der Waals surface area contributed by atoms with E-state index >= 15 is 0 Å². The van der Waals surface area contributed by atoms with Gasteiger partial charge in [-0.2, -0.15) is 0 Å². The number of cyclic esters (lactones) is 2. The van der Waals surface area contributed by atoms with Gasteiger partial charge in [-0.1, -0.05) is 19.1 Å². The molecule has 4 atom stereocenters. The minimum atomic E-state index is -0.953. The molecule has 0 aromatic rings. The lowest BCUT2D eigenvalue weighted by atomic mass is 9.83. The van der Waals surface area contributed by atoms with E-state index in [0.29, 0.717) is 6.42 Å². The van der Waals surface area contributed by atoms with Gasteiger partial charge in [0.2, 0.25) is 0 Å². The number of carbonyl (C=O) groups excluding carboxylic acids is 2. The molecule has 0 aromatic heterocycles. The Bertz CT molecular complexity index is 388. The standard InChI is InChI=1S/C11H12O5/c1-2-11-7-4-3-6(5-7)8(11)14-9(12)15-10(13)16-11/h3-4,6-8H,2,5H2,1H3. The van der Waals surface area contributed by atoms with Gasteiger partial charge in [0, 0.05) is 11.8 Å². The van der Waals surface area contributed by atoms with Crippen LogP contribution in [0.15, 0.2) is 12.2 Å². The van der Waals surface area contributed by atoms with Gasteiger partial charge in [0.15, 0.2) is 11.7 Å². The van der Waals surface area contributed by atoms with Gasteiger partial charge in [-0.15, -0.1) is 0 Å². The summed E-state index contributed by atoms with van der Waals surface area (Å²) in [5.41, 5.74) is -0.720. The van der Waals surface area contributed by atoms with Crippen molar-refractivity contribution in [1.29, 1.82) is 0 Å². The van der Waals surface area contributed by atoms with E-state index in [0.717, 1.165) is 6.42 Å². The number of carbonyl (C=O) groups is 2. The van der Waals surface area contributed by atoms with Crippen molar-refractivity contribution >= 4 is 12.3 Å². The topological polar surface area (TPSA) is 61.8 Å². The molecule has 3 rings (SSSR count). The van der Waals surface area contributed by atoms with Crippen molar-refractivity contribution in [1.82, 2.24) is 0 Å². The number of fused-ring (bicyclic) bond motifs is 5. The number of hydrogen-bond acceptors (Lipinski definition) is 5. The Kier molecular flexibility index (Phi) is 1.81. The second-order valence-corrected chi connectivity index (χ2v) is 4.44. The van der Waals surface area contributed by atoms with Crippen LogP contribution < -0.4 is 0 Å². The number of hydrogen-bond donors (Lipinski definition) is 0. The molecule has 2 bridgehead atoms. The molecule has 0 amide bonds. The zero-order chi connectivity index (χ0) is 11.3. The van der Waals surface area contributed by atoms with Crippen molar-refractivity contribution in [2.45, 2.75) is 31.5 Å². The molecular weight excluding hydrogens is 212 g/mol. The van der Waals surface area contributed by atoms with Crippen LogP contribution in [0.1, 0.15) is 19.8 Å². The average Bonchev–Trinajstić information content (AvgIpc) is 2.76. The Hall–Kier alpha value is -1.52. The highest BCUT2D eigenvalue weighted by atomic mass is 16.8. The second-order valence-electron chi connectivity index (χ2n) is 4.44. The van der Waals surface area contributed by atoms with Crippen molar-refractivity contribution in [3.05, 3.63) is 12.2 Å². The first-order chi connectivity index (χ1) is 7.65. The van der Waals surface area contributed by atoms with Crippen LogP contribution in [0.25, 0.3) is 0 Å². The molecule has 1 saturated heterocycles. The van der Waals surface area contributed by atoms with Crippen molar-refractivity contribution in [2.24, 2.45) is 11.8 Å². The van der Waals surface area contributed by atoms with Crippen LogP contribution in [0.5, 0.6) is 0 Å². The Morgan fingerprint density at radius 3 is 2.94 bits per heavy atom. The molecule has 86 valence electrons. The molecule has 0 radical (unpaired) electrons. The van der Waals surface area contributed by atoms with Crippen molar-refractivity contribution in [3.8, 4) is 0 Å². The minimum Gasteiger partial charge on any atom is -0.426 e. The maximum absolute atomic E-state index is 11.3. The fourth-order valence-electron chi connectivity index (χ4n) is 3.12. The van der Waals surface area contributed by atoms with Gasteiger partial charge >= 0.3 is 12.3 Å². The molecule has 3 aliphatic rings. The molecule has 2 fully saturated rings. The fourth-order valence-corrected chi connectivity index (χ4v) is 3.12. The van der Waals surface area contributed by atoms with Crippen LogP contribution in [0.4, 0.5) is 9.59 Å². The molecule has 1 heterocycles. The molecule has 0 N–H and O–H groups in total. The molecule has 2 aliphatic carbocycles. The van der Waals surface area contributed by atoms with Gasteiger partial charge < -0.3 is 14.2 Å². The van der Waals surface area contributed by atoms with E-state index in [9.17, 15) is 9.59 Å². The molecule has 4 unspecified atom stereocenters. The van der Waals surface area contributed by atoms with Crippen molar-refractivity contribution in [3.63, 3.8) is 0 Å². The van der Waals surface area contributed by atoms with Crippen LogP contribution in [-0.4, -0.2) is 24.0 Å². The van der Waals surface area contributed by atoms with Crippen LogP contribution in [0, 0.1) is 11.8 Å². The monoisotopic (exact) mass is 224 g/mol. The number of rotatable bonds is 1. The van der Waals surface area contributed by atoms with E-state index < -0.39 is 24.0 Å². The SMILES string of the molecule is CCC12OC(=O)OC(=O)OC1C1C=CC2C1. The predicted octanol–water partition coefficient (Wildman–Crippen LogP) is 2.01. The summed E-state index contributed by atoms with van der Waals surface area (Å²) in [6, 6.07) is 0. The molecular formula is C11H12O5. The van der Waals surface area contributed by atoms with E-state index in [2.05, 4.69) is 4.74 Å². The third kappa shape index (κ3) is 1.06. The smallest absolute Gasteiger partial charge is 0.426 e. The lowest BCUT2D eigenvalue weighted by Crippen LogP contribution is -2.48. The largest absolute Gasteiger partial charge is 0.519 e. The summed E-state index contributed by atoms with van der Waals surface area (Å²) >= 11 is 0. The highest BCUT2D eigenvalue weighted by Gasteiger charge is 2.61. The Balaban J connectivity index is 2.03. The van der Waals surface area contributed by atoms with Crippen LogP contribution in [0.3, 0.4) is 0 Å². The summed E-state index contributed by atoms with van der Waals surface area (Å²) in [6.45, 7) is 1.92.